The van der Waals surface area contributed by atoms with Gasteiger partial charge >= 0.3 is 0 Å². The van der Waals surface area contributed by atoms with Gasteiger partial charge in [-0.25, -0.2) is 4.98 Å². The number of carbonyl (C=O) groups is 1. The van der Waals surface area contributed by atoms with E-state index in [1.807, 2.05) is 14.1 Å². The van der Waals surface area contributed by atoms with Crippen LogP contribution in [0.5, 0.6) is 0 Å². The molecule has 0 atom stereocenters. The minimum atomic E-state index is -0.433. The molecule has 1 aromatic rings. The molecule has 1 aliphatic heterocycles. The van der Waals surface area contributed by atoms with Crippen LogP contribution in [0.3, 0.4) is 0 Å². The molecule has 0 unspecified atom stereocenters. The summed E-state index contributed by atoms with van der Waals surface area (Å²) in [5.41, 5.74) is 7.79. The van der Waals surface area contributed by atoms with E-state index in [1.54, 1.807) is 11.1 Å². The minimum Gasteiger partial charge on any atom is -0.384 e. The Morgan fingerprint density at radius 1 is 1.60 bits per heavy atom. The van der Waals surface area contributed by atoms with E-state index in [1.165, 1.54) is 0 Å². The molecule has 1 aliphatic rings. The molecular formula is C10H14N4O. The van der Waals surface area contributed by atoms with Crippen LogP contribution < -0.4 is 16.0 Å². The molecule has 5 nitrogen and oxygen atoms in total. The zero-order valence-electron chi connectivity index (χ0n) is 8.87. The van der Waals surface area contributed by atoms with Crippen LogP contribution in [0.25, 0.3) is 0 Å². The molecule has 2 heterocycles. The average Bonchev–Trinajstić information content (AvgIpc) is 2.62. The standard InChI is InChI=1S/C10H14N4O/c1-14(2)10-7(9(11)15)8-6(5-13-10)3-4-12-8/h5,12H,3-4H2,1-2H3,(H2,11,15). The summed E-state index contributed by atoms with van der Waals surface area (Å²) in [5, 5.41) is 3.18. The Balaban J connectivity index is 2.63. The molecule has 0 saturated heterocycles. The van der Waals surface area contributed by atoms with Crippen LogP contribution in [0.1, 0.15) is 15.9 Å². The molecule has 0 saturated carbocycles. The number of hydrogen-bond donors (Lipinski definition) is 2. The smallest absolute Gasteiger partial charge is 0.254 e. The molecule has 1 amide bonds. The van der Waals surface area contributed by atoms with E-state index in [2.05, 4.69) is 10.3 Å². The normalized spacial score (nSPS) is 13.2. The molecule has 0 aliphatic carbocycles. The predicted molar refractivity (Wildman–Crippen MR) is 59.3 cm³/mol. The number of rotatable bonds is 2. The largest absolute Gasteiger partial charge is 0.384 e. The van der Waals surface area contributed by atoms with Crippen molar-refractivity contribution in [1.82, 2.24) is 4.98 Å². The molecule has 0 fully saturated rings. The summed E-state index contributed by atoms with van der Waals surface area (Å²) in [4.78, 5) is 17.4. The van der Waals surface area contributed by atoms with Crippen LogP contribution in [0.4, 0.5) is 11.5 Å². The van der Waals surface area contributed by atoms with Crippen molar-refractivity contribution in [1.29, 1.82) is 0 Å². The second-order valence-corrected chi connectivity index (χ2v) is 3.79. The Hall–Kier alpha value is -1.78. The summed E-state index contributed by atoms with van der Waals surface area (Å²) in [5.74, 6) is 0.188. The molecule has 80 valence electrons. The molecular weight excluding hydrogens is 192 g/mol. The van der Waals surface area contributed by atoms with Gasteiger partial charge in [-0.1, -0.05) is 0 Å². The average molecular weight is 206 g/mol. The van der Waals surface area contributed by atoms with Crippen molar-refractivity contribution in [3.05, 3.63) is 17.3 Å². The third kappa shape index (κ3) is 1.49. The maximum atomic E-state index is 11.4. The maximum absolute atomic E-state index is 11.4. The Morgan fingerprint density at radius 2 is 2.33 bits per heavy atom. The van der Waals surface area contributed by atoms with E-state index >= 15 is 0 Å². The predicted octanol–water partition coefficient (Wildman–Crippen LogP) is 0.215. The van der Waals surface area contributed by atoms with E-state index in [4.69, 9.17) is 5.73 Å². The number of pyridine rings is 1. The zero-order chi connectivity index (χ0) is 11.0. The lowest BCUT2D eigenvalue weighted by atomic mass is 10.1. The summed E-state index contributed by atoms with van der Waals surface area (Å²) in [6, 6.07) is 0. The van der Waals surface area contributed by atoms with Crippen molar-refractivity contribution in [3.63, 3.8) is 0 Å². The molecule has 5 heteroatoms. The van der Waals surface area contributed by atoms with Gasteiger partial charge in [0, 0.05) is 26.8 Å². The summed E-state index contributed by atoms with van der Waals surface area (Å²) in [6.45, 7) is 0.841. The topological polar surface area (TPSA) is 71.2 Å². The number of primary amides is 1. The first kappa shape index (κ1) is 9.76. The Bertz CT molecular complexity index is 414. The van der Waals surface area contributed by atoms with Crippen molar-refractivity contribution in [3.8, 4) is 0 Å². The number of carbonyl (C=O) groups excluding carboxylic acids is 1. The van der Waals surface area contributed by atoms with E-state index < -0.39 is 5.91 Å². The van der Waals surface area contributed by atoms with E-state index in [-0.39, 0.29) is 0 Å². The first-order chi connectivity index (χ1) is 7.11. The van der Waals surface area contributed by atoms with Gasteiger partial charge in [-0.2, -0.15) is 0 Å². The number of anilines is 2. The van der Waals surface area contributed by atoms with Crippen LogP contribution in [0.2, 0.25) is 0 Å². The third-order valence-corrected chi connectivity index (χ3v) is 2.50. The van der Waals surface area contributed by atoms with E-state index in [0.29, 0.717) is 11.4 Å². The number of nitrogens with one attached hydrogen (secondary N) is 1. The second-order valence-electron chi connectivity index (χ2n) is 3.79. The first-order valence-corrected chi connectivity index (χ1v) is 4.84. The van der Waals surface area contributed by atoms with Crippen LogP contribution in [-0.4, -0.2) is 31.5 Å². The van der Waals surface area contributed by atoms with Crippen molar-refractivity contribution >= 4 is 17.4 Å². The van der Waals surface area contributed by atoms with Gasteiger partial charge in [0.05, 0.1) is 5.69 Å². The molecule has 0 aromatic carbocycles. The van der Waals surface area contributed by atoms with E-state index in [9.17, 15) is 4.79 Å². The van der Waals surface area contributed by atoms with E-state index in [0.717, 1.165) is 24.2 Å². The second kappa shape index (κ2) is 3.42. The van der Waals surface area contributed by atoms with Gasteiger partial charge in [-0.05, 0) is 12.0 Å². The Kier molecular flexibility index (Phi) is 2.22. The SMILES string of the molecule is CN(C)c1ncc2c(c1C(N)=O)NCC2. The van der Waals surface area contributed by atoms with Gasteiger partial charge in [-0.3, -0.25) is 4.79 Å². The molecule has 1 aromatic heterocycles. The highest BCUT2D eigenvalue weighted by atomic mass is 16.1. The van der Waals surface area contributed by atoms with Gasteiger partial charge < -0.3 is 16.0 Å². The summed E-state index contributed by atoms with van der Waals surface area (Å²) >= 11 is 0. The van der Waals surface area contributed by atoms with Gasteiger partial charge in [0.1, 0.15) is 11.4 Å². The third-order valence-electron chi connectivity index (χ3n) is 2.50. The molecule has 0 spiro atoms. The van der Waals surface area contributed by atoms with Gasteiger partial charge in [-0.15, -0.1) is 0 Å². The van der Waals surface area contributed by atoms with Crippen LogP contribution >= 0.6 is 0 Å². The molecule has 0 radical (unpaired) electrons. The Morgan fingerprint density at radius 3 is 2.93 bits per heavy atom. The minimum absolute atomic E-state index is 0.433. The number of nitrogens with zero attached hydrogens (tertiary/aromatic N) is 2. The number of hydrogen-bond acceptors (Lipinski definition) is 4. The van der Waals surface area contributed by atoms with Crippen LogP contribution in [0, 0.1) is 0 Å². The lowest BCUT2D eigenvalue weighted by molar-refractivity contribution is 0.100. The van der Waals surface area contributed by atoms with Crippen molar-refractivity contribution in [2.45, 2.75) is 6.42 Å². The zero-order valence-corrected chi connectivity index (χ0v) is 8.87. The molecule has 15 heavy (non-hydrogen) atoms. The van der Waals surface area contributed by atoms with Crippen molar-refractivity contribution in [2.75, 3.05) is 30.9 Å². The van der Waals surface area contributed by atoms with Crippen molar-refractivity contribution < 1.29 is 4.79 Å². The van der Waals surface area contributed by atoms with Gasteiger partial charge in [0.25, 0.3) is 5.91 Å². The highest BCUT2D eigenvalue weighted by Gasteiger charge is 2.22. The number of aromatic nitrogens is 1. The lowest BCUT2D eigenvalue weighted by Crippen LogP contribution is -2.21. The fourth-order valence-electron chi connectivity index (χ4n) is 1.83. The fraction of sp³-hybridized carbons (Fsp3) is 0.400. The highest BCUT2D eigenvalue weighted by Crippen LogP contribution is 2.30. The van der Waals surface area contributed by atoms with Crippen LogP contribution in [0.15, 0.2) is 6.20 Å². The van der Waals surface area contributed by atoms with Gasteiger partial charge in [0.15, 0.2) is 0 Å². The lowest BCUT2D eigenvalue weighted by Gasteiger charge is -2.16. The molecule has 3 N–H and O–H groups in total. The number of fused-ring (bicyclic) bond motifs is 1. The van der Waals surface area contributed by atoms with Gasteiger partial charge in [0.2, 0.25) is 0 Å². The summed E-state index contributed by atoms with van der Waals surface area (Å²) in [6.07, 6.45) is 2.70. The molecule has 2 rings (SSSR count). The quantitative estimate of drug-likeness (QED) is 0.726. The molecule has 0 bridgehead atoms. The highest BCUT2D eigenvalue weighted by molar-refractivity contribution is 6.04. The summed E-state index contributed by atoms with van der Waals surface area (Å²) < 4.78 is 0. The fourth-order valence-corrected chi connectivity index (χ4v) is 1.83. The van der Waals surface area contributed by atoms with Crippen molar-refractivity contribution in [2.24, 2.45) is 5.73 Å². The number of amides is 1. The monoisotopic (exact) mass is 206 g/mol. The number of nitrogens with two attached hydrogens (primary N) is 1. The van der Waals surface area contributed by atoms with Crippen LogP contribution in [-0.2, 0) is 6.42 Å². The first-order valence-electron chi connectivity index (χ1n) is 4.84. The maximum Gasteiger partial charge on any atom is 0.254 e. The Labute approximate surface area is 88.3 Å². The summed E-state index contributed by atoms with van der Waals surface area (Å²) in [7, 11) is 3.69.